The lowest BCUT2D eigenvalue weighted by atomic mass is 9.97. The molecule has 6 nitrogen and oxygen atoms in total. The van der Waals surface area contributed by atoms with Crippen molar-refractivity contribution in [3.63, 3.8) is 0 Å². The SMILES string of the molecule is COc1cc(NC(=O)C2CCNCC2)ccc1NC(C)=O.Cl. The van der Waals surface area contributed by atoms with Gasteiger partial charge in [-0.1, -0.05) is 0 Å². The number of carbonyl (C=O) groups excluding carboxylic acids is 2. The van der Waals surface area contributed by atoms with Crippen LogP contribution < -0.4 is 20.7 Å². The molecule has 3 N–H and O–H groups in total. The fraction of sp³-hybridized carbons (Fsp3) is 0.467. The third kappa shape index (κ3) is 4.89. The smallest absolute Gasteiger partial charge is 0.227 e. The van der Waals surface area contributed by atoms with E-state index in [2.05, 4.69) is 16.0 Å². The predicted molar refractivity (Wildman–Crippen MR) is 88.8 cm³/mol. The van der Waals surface area contributed by atoms with Gasteiger partial charge in [0.1, 0.15) is 5.75 Å². The Hall–Kier alpha value is -1.79. The standard InChI is InChI=1S/C15H21N3O3.ClH/c1-10(19)17-13-4-3-12(9-14(13)21-2)18-15(20)11-5-7-16-8-6-11;/h3-4,9,11,16H,5-8H2,1-2H3,(H,17,19)(H,18,20);1H. The highest BCUT2D eigenvalue weighted by atomic mass is 35.5. The summed E-state index contributed by atoms with van der Waals surface area (Å²) < 4.78 is 5.24. The molecule has 1 aromatic carbocycles. The molecule has 1 aliphatic heterocycles. The Morgan fingerprint density at radius 2 is 1.91 bits per heavy atom. The van der Waals surface area contributed by atoms with Gasteiger partial charge < -0.3 is 20.7 Å². The van der Waals surface area contributed by atoms with Gasteiger partial charge in [-0.15, -0.1) is 12.4 Å². The summed E-state index contributed by atoms with van der Waals surface area (Å²) in [5, 5.41) is 8.83. The van der Waals surface area contributed by atoms with Crippen LogP contribution in [0.4, 0.5) is 11.4 Å². The van der Waals surface area contributed by atoms with Gasteiger partial charge in [0.05, 0.1) is 12.8 Å². The molecule has 1 saturated heterocycles. The third-order valence-electron chi connectivity index (χ3n) is 3.49. The Kier molecular flexibility index (Phi) is 7.14. The van der Waals surface area contributed by atoms with Crippen LogP contribution in [-0.4, -0.2) is 32.0 Å². The van der Waals surface area contributed by atoms with Crippen molar-refractivity contribution in [2.45, 2.75) is 19.8 Å². The fourth-order valence-corrected chi connectivity index (χ4v) is 2.39. The van der Waals surface area contributed by atoms with Crippen LogP contribution in [0, 0.1) is 5.92 Å². The quantitative estimate of drug-likeness (QED) is 0.790. The van der Waals surface area contributed by atoms with E-state index < -0.39 is 0 Å². The van der Waals surface area contributed by atoms with Crippen molar-refractivity contribution < 1.29 is 14.3 Å². The van der Waals surface area contributed by atoms with Crippen LogP contribution in [0.25, 0.3) is 0 Å². The predicted octanol–water partition coefficient (Wildman–Crippen LogP) is 2.01. The molecule has 0 aromatic heterocycles. The van der Waals surface area contributed by atoms with Crippen molar-refractivity contribution in [2.24, 2.45) is 5.92 Å². The van der Waals surface area contributed by atoms with Crippen molar-refractivity contribution in [1.82, 2.24) is 5.32 Å². The Morgan fingerprint density at radius 3 is 2.50 bits per heavy atom. The molecule has 0 bridgehead atoms. The first-order valence-electron chi connectivity index (χ1n) is 7.07. The van der Waals surface area contributed by atoms with Crippen molar-refractivity contribution in [3.8, 4) is 5.75 Å². The number of benzene rings is 1. The summed E-state index contributed by atoms with van der Waals surface area (Å²) in [5.41, 5.74) is 1.26. The Balaban J connectivity index is 0.00000242. The normalized spacial score (nSPS) is 14.6. The van der Waals surface area contributed by atoms with Gasteiger partial charge in [0, 0.05) is 24.6 Å². The van der Waals surface area contributed by atoms with Crippen LogP contribution in [0.3, 0.4) is 0 Å². The Labute approximate surface area is 136 Å². The summed E-state index contributed by atoms with van der Waals surface area (Å²) in [6, 6.07) is 5.19. The van der Waals surface area contributed by atoms with Gasteiger partial charge in [0.25, 0.3) is 0 Å². The first-order chi connectivity index (χ1) is 10.1. The molecule has 0 unspecified atom stereocenters. The van der Waals surface area contributed by atoms with E-state index in [0.29, 0.717) is 17.1 Å². The van der Waals surface area contributed by atoms with Gasteiger partial charge in [-0.05, 0) is 38.1 Å². The molecule has 0 radical (unpaired) electrons. The number of piperidine rings is 1. The minimum atomic E-state index is -0.167. The maximum atomic E-state index is 12.2. The van der Waals surface area contributed by atoms with E-state index in [0.717, 1.165) is 25.9 Å². The zero-order valence-corrected chi connectivity index (χ0v) is 13.6. The van der Waals surface area contributed by atoms with Crippen molar-refractivity contribution in [1.29, 1.82) is 0 Å². The average molecular weight is 328 g/mol. The summed E-state index contributed by atoms with van der Waals surface area (Å²) in [6.45, 7) is 3.19. The summed E-state index contributed by atoms with van der Waals surface area (Å²) in [7, 11) is 1.53. The number of hydrogen-bond acceptors (Lipinski definition) is 4. The van der Waals surface area contributed by atoms with E-state index in [1.807, 2.05) is 0 Å². The lowest BCUT2D eigenvalue weighted by molar-refractivity contribution is -0.120. The van der Waals surface area contributed by atoms with E-state index in [4.69, 9.17) is 4.74 Å². The van der Waals surface area contributed by atoms with E-state index >= 15 is 0 Å². The largest absolute Gasteiger partial charge is 0.494 e. The molecule has 1 heterocycles. The van der Waals surface area contributed by atoms with Gasteiger partial charge in [0.2, 0.25) is 11.8 Å². The first kappa shape index (κ1) is 18.3. The summed E-state index contributed by atoms with van der Waals surface area (Å²) >= 11 is 0. The molecule has 7 heteroatoms. The minimum absolute atomic E-state index is 0. The van der Waals surface area contributed by atoms with Gasteiger partial charge in [0.15, 0.2) is 0 Å². The van der Waals surface area contributed by atoms with Crippen LogP contribution in [0.5, 0.6) is 5.75 Å². The number of hydrogen-bond donors (Lipinski definition) is 3. The Morgan fingerprint density at radius 1 is 1.23 bits per heavy atom. The molecule has 0 aliphatic carbocycles. The van der Waals surface area contributed by atoms with Crippen LogP contribution in [0.15, 0.2) is 18.2 Å². The minimum Gasteiger partial charge on any atom is -0.494 e. The number of methoxy groups -OCH3 is 1. The molecule has 0 saturated carbocycles. The number of anilines is 2. The summed E-state index contributed by atoms with van der Waals surface area (Å²) in [4.78, 5) is 23.3. The molecule has 0 spiro atoms. The van der Waals surface area contributed by atoms with Crippen LogP contribution in [0.1, 0.15) is 19.8 Å². The van der Waals surface area contributed by atoms with Crippen molar-refractivity contribution >= 4 is 35.6 Å². The van der Waals surface area contributed by atoms with E-state index in [1.165, 1.54) is 14.0 Å². The highest BCUT2D eigenvalue weighted by molar-refractivity contribution is 5.94. The lowest BCUT2D eigenvalue weighted by Crippen LogP contribution is -2.34. The Bertz CT molecular complexity index is 531. The second-order valence-corrected chi connectivity index (χ2v) is 5.11. The topological polar surface area (TPSA) is 79.5 Å². The van der Waals surface area contributed by atoms with Crippen LogP contribution in [0.2, 0.25) is 0 Å². The molecule has 2 rings (SSSR count). The van der Waals surface area contributed by atoms with E-state index in [1.54, 1.807) is 18.2 Å². The van der Waals surface area contributed by atoms with E-state index in [9.17, 15) is 9.59 Å². The lowest BCUT2D eigenvalue weighted by Gasteiger charge is -2.22. The van der Waals surface area contributed by atoms with Gasteiger partial charge in [-0.3, -0.25) is 9.59 Å². The molecule has 22 heavy (non-hydrogen) atoms. The van der Waals surface area contributed by atoms with Gasteiger partial charge in [-0.25, -0.2) is 0 Å². The van der Waals surface area contributed by atoms with Crippen molar-refractivity contribution in [3.05, 3.63) is 18.2 Å². The molecule has 2 amide bonds. The van der Waals surface area contributed by atoms with Crippen LogP contribution >= 0.6 is 12.4 Å². The summed E-state index contributed by atoms with van der Waals surface area (Å²) in [6.07, 6.45) is 1.71. The maximum absolute atomic E-state index is 12.2. The number of ether oxygens (including phenoxy) is 1. The highest BCUT2D eigenvalue weighted by Crippen LogP contribution is 2.28. The second-order valence-electron chi connectivity index (χ2n) is 5.11. The maximum Gasteiger partial charge on any atom is 0.227 e. The zero-order valence-electron chi connectivity index (χ0n) is 12.8. The molecule has 0 atom stereocenters. The molecule has 1 aliphatic rings. The molecule has 122 valence electrons. The van der Waals surface area contributed by atoms with Gasteiger partial charge in [-0.2, -0.15) is 0 Å². The zero-order chi connectivity index (χ0) is 15.2. The highest BCUT2D eigenvalue weighted by Gasteiger charge is 2.21. The second kappa shape index (κ2) is 8.60. The third-order valence-corrected chi connectivity index (χ3v) is 3.49. The molecular weight excluding hydrogens is 306 g/mol. The van der Waals surface area contributed by atoms with E-state index in [-0.39, 0.29) is 30.1 Å². The monoisotopic (exact) mass is 327 g/mol. The number of halogens is 1. The number of carbonyl (C=O) groups is 2. The van der Waals surface area contributed by atoms with Crippen molar-refractivity contribution in [2.75, 3.05) is 30.8 Å². The molecule has 1 fully saturated rings. The number of rotatable bonds is 4. The summed E-state index contributed by atoms with van der Waals surface area (Å²) in [5.74, 6) is 0.436. The van der Waals surface area contributed by atoms with Crippen LogP contribution in [-0.2, 0) is 9.59 Å². The van der Waals surface area contributed by atoms with Gasteiger partial charge >= 0.3 is 0 Å². The number of nitrogens with one attached hydrogen (secondary N) is 3. The average Bonchev–Trinajstić information content (AvgIpc) is 2.49. The fourth-order valence-electron chi connectivity index (χ4n) is 2.39. The number of amides is 2. The first-order valence-corrected chi connectivity index (χ1v) is 7.07. The molecular formula is C15H22ClN3O3. The molecule has 1 aromatic rings.